The third-order valence-corrected chi connectivity index (χ3v) is 7.87. The zero-order valence-corrected chi connectivity index (χ0v) is 25.9. The second-order valence-electron chi connectivity index (χ2n) is 11.7. The van der Waals surface area contributed by atoms with Gasteiger partial charge < -0.3 is 23.8 Å². The summed E-state index contributed by atoms with van der Waals surface area (Å²) in [6, 6.07) is 0.243. The van der Waals surface area contributed by atoms with E-state index in [2.05, 4.69) is 30.7 Å². The van der Waals surface area contributed by atoms with E-state index in [1.165, 1.54) is 58.5 Å². The van der Waals surface area contributed by atoms with Gasteiger partial charge in [-0.25, -0.2) is 0 Å². The average molecular weight is 556 g/mol. The van der Waals surface area contributed by atoms with Gasteiger partial charge in [0, 0.05) is 26.1 Å². The van der Waals surface area contributed by atoms with Crippen molar-refractivity contribution in [2.24, 2.45) is 11.8 Å². The number of unbranched alkanes of at least 4 members (excludes halogenated alkanes) is 11. The maximum atomic E-state index is 12.1. The zero-order chi connectivity index (χ0) is 28.6. The number of methoxy groups -OCH3 is 1. The van der Waals surface area contributed by atoms with Crippen LogP contribution >= 0.6 is 0 Å². The molecule has 7 nitrogen and oxygen atoms in total. The molecule has 0 aromatic rings. The Kier molecular flexibility index (Phi) is 22.6. The quantitative estimate of drug-likeness (QED) is 0.0763. The van der Waals surface area contributed by atoms with Crippen molar-refractivity contribution in [1.82, 2.24) is 4.90 Å². The number of hydrogen-bond donors (Lipinski definition) is 0. The molecule has 0 radical (unpaired) electrons. The van der Waals surface area contributed by atoms with Gasteiger partial charge in [-0.2, -0.15) is 0 Å². The van der Waals surface area contributed by atoms with Crippen LogP contribution in [0.1, 0.15) is 122 Å². The monoisotopic (exact) mass is 555 g/mol. The number of esters is 2. The topological polar surface area (TPSA) is 74.3 Å². The summed E-state index contributed by atoms with van der Waals surface area (Å²) < 4.78 is 22.0. The van der Waals surface area contributed by atoms with Gasteiger partial charge >= 0.3 is 11.9 Å². The van der Waals surface area contributed by atoms with Gasteiger partial charge in [0.15, 0.2) is 0 Å². The van der Waals surface area contributed by atoms with E-state index >= 15 is 0 Å². The van der Waals surface area contributed by atoms with Crippen LogP contribution in [0.15, 0.2) is 0 Å². The maximum absolute atomic E-state index is 12.1. The van der Waals surface area contributed by atoms with Crippen molar-refractivity contribution in [2.75, 3.05) is 54.2 Å². The van der Waals surface area contributed by atoms with Crippen LogP contribution in [0.4, 0.5) is 0 Å². The number of ether oxygens (including phenoxy) is 4. The SMILES string of the molecule is CCCCCCCCC1CC1COC(=O)CCCCCOCC(COCCCCCCCC(=O)OC)N(C)C. The standard InChI is InChI=1S/C32H61NO6/c1-5-6-7-8-10-14-19-28-24-29(28)25-39-32(35)21-16-13-18-23-38-27-30(33(2)3)26-37-22-17-12-9-11-15-20-31(34)36-4/h28-30H,5-27H2,1-4H3. The van der Waals surface area contributed by atoms with E-state index in [0.29, 0.717) is 45.2 Å². The molecule has 0 aromatic heterocycles. The summed E-state index contributed by atoms with van der Waals surface area (Å²) >= 11 is 0. The molecule has 0 heterocycles. The molecule has 0 spiro atoms. The van der Waals surface area contributed by atoms with Gasteiger partial charge in [0.2, 0.25) is 0 Å². The fourth-order valence-electron chi connectivity index (χ4n) is 4.87. The predicted molar refractivity (Wildman–Crippen MR) is 158 cm³/mol. The number of rotatable bonds is 28. The average Bonchev–Trinajstić information content (AvgIpc) is 3.68. The molecule has 0 amide bonds. The van der Waals surface area contributed by atoms with E-state index in [1.807, 2.05) is 0 Å². The van der Waals surface area contributed by atoms with E-state index in [9.17, 15) is 9.59 Å². The van der Waals surface area contributed by atoms with Gasteiger partial charge in [0.05, 0.1) is 33.0 Å². The van der Waals surface area contributed by atoms with Crippen molar-refractivity contribution in [3.63, 3.8) is 0 Å². The number of carbonyl (C=O) groups excluding carboxylic acids is 2. The first kappa shape index (κ1) is 35.8. The van der Waals surface area contributed by atoms with Gasteiger partial charge in [-0.15, -0.1) is 0 Å². The van der Waals surface area contributed by atoms with E-state index in [-0.39, 0.29) is 18.0 Å². The molecule has 1 aliphatic carbocycles. The fraction of sp³-hybridized carbons (Fsp3) is 0.938. The summed E-state index contributed by atoms with van der Waals surface area (Å²) in [5.41, 5.74) is 0. The van der Waals surface area contributed by atoms with E-state index in [0.717, 1.165) is 63.9 Å². The van der Waals surface area contributed by atoms with E-state index < -0.39 is 0 Å². The normalized spacial score (nSPS) is 17.4. The highest BCUT2D eigenvalue weighted by atomic mass is 16.5. The first-order valence-electron chi connectivity index (χ1n) is 16.0. The molecule has 0 saturated heterocycles. The van der Waals surface area contributed by atoms with Gasteiger partial charge in [-0.05, 0) is 58.0 Å². The van der Waals surface area contributed by atoms with Gasteiger partial charge in [-0.1, -0.05) is 77.6 Å². The van der Waals surface area contributed by atoms with Crippen LogP contribution in [-0.4, -0.2) is 77.1 Å². The lowest BCUT2D eigenvalue weighted by molar-refractivity contribution is -0.144. The highest BCUT2D eigenvalue weighted by molar-refractivity contribution is 5.69. The molecule has 1 saturated carbocycles. The molecule has 3 atom stereocenters. The van der Waals surface area contributed by atoms with Crippen molar-refractivity contribution < 1.29 is 28.5 Å². The molecule has 39 heavy (non-hydrogen) atoms. The minimum atomic E-state index is -0.120. The van der Waals surface area contributed by atoms with Gasteiger partial charge in [0.25, 0.3) is 0 Å². The van der Waals surface area contributed by atoms with Crippen LogP contribution in [0.2, 0.25) is 0 Å². The van der Waals surface area contributed by atoms with Gasteiger partial charge in [0.1, 0.15) is 0 Å². The number of carbonyl (C=O) groups is 2. The Hall–Kier alpha value is -1.18. The molecular formula is C32H61NO6. The molecule has 1 fully saturated rings. The maximum Gasteiger partial charge on any atom is 0.305 e. The van der Waals surface area contributed by atoms with Crippen LogP contribution in [0, 0.1) is 11.8 Å². The summed E-state index contributed by atoms with van der Waals surface area (Å²) in [6.45, 7) is 5.69. The zero-order valence-electron chi connectivity index (χ0n) is 25.9. The molecular weight excluding hydrogens is 494 g/mol. The van der Waals surface area contributed by atoms with Crippen molar-refractivity contribution in [3.05, 3.63) is 0 Å². The van der Waals surface area contributed by atoms with Crippen LogP contribution in [0.5, 0.6) is 0 Å². The summed E-state index contributed by atoms with van der Waals surface area (Å²) in [7, 11) is 5.55. The first-order chi connectivity index (χ1) is 19.0. The van der Waals surface area contributed by atoms with Crippen LogP contribution in [-0.2, 0) is 28.5 Å². The summed E-state index contributed by atoms with van der Waals surface area (Å²) in [5, 5.41) is 0. The Morgan fingerprint density at radius 2 is 1.26 bits per heavy atom. The smallest absolute Gasteiger partial charge is 0.305 e. The minimum Gasteiger partial charge on any atom is -0.469 e. The molecule has 0 N–H and O–H groups in total. The Morgan fingerprint density at radius 3 is 1.87 bits per heavy atom. The first-order valence-corrected chi connectivity index (χ1v) is 16.0. The molecule has 230 valence electrons. The van der Waals surface area contributed by atoms with Crippen molar-refractivity contribution in [1.29, 1.82) is 0 Å². The molecule has 0 aromatic carbocycles. The van der Waals surface area contributed by atoms with Crippen LogP contribution in [0.25, 0.3) is 0 Å². The lowest BCUT2D eigenvalue weighted by atomic mass is 10.1. The highest BCUT2D eigenvalue weighted by Crippen LogP contribution is 2.42. The van der Waals surface area contributed by atoms with Crippen molar-refractivity contribution in [2.45, 2.75) is 129 Å². The Morgan fingerprint density at radius 1 is 0.718 bits per heavy atom. The largest absolute Gasteiger partial charge is 0.469 e. The van der Waals surface area contributed by atoms with Crippen molar-refractivity contribution in [3.8, 4) is 0 Å². The second kappa shape index (κ2) is 24.6. The second-order valence-corrected chi connectivity index (χ2v) is 11.7. The molecule has 1 aliphatic rings. The Balaban J connectivity index is 1.90. The van der Waals surface area contributed by atoms with E-state index in [4.69, 9.17) is 14.2 Å². The third kappa shape index (κ3) is 21.3. The fourth-order valence-corrected chi connectivity index (χ4v) is 4.87. The number of nitrogens with zero attached hydrogens (tertiary/aromatic N) is 1. The lowest BCUT2D eigenvalue weighted by Crippen LogP contribution is -2.37. The lowest BCUT2D eigenvalue weighted by Gasteiger charge is -2.24. The molecule has 0 aliphatic heterocycles. The Labute approximate surface area is 240 Å². The minimum absolute atomic E-state index is 0.0350. The highest BCUT2D eigenvalue weighted by Gasteiger charge is 2.37. The van der Waals surface area contributed by atoms with Gasteiger partial charge in [-0.3, -0.25) is 9.59 Å². The molecule has 7 heteroatoms. The molecule has 0 bridgehead atoms. The van der Waals surface area contributed by atoms with E-state index in [1.54, 1.807) is 0 Å². The van der Waals surface area contributed by atoms with Crippen molar-refractivity contribution >= 4 is 11.9 Å². The van der Waals surface area contributed by atoms with Crippen LogP contribution < -0.4 is 0 Å². The summed E-state index contributed by atoms with van der Waals surface area (Å²) in [4.78, 5) is 25.3. The number of likely N-dealkylation sites (N-methyl/N-ethyl adjacent to an activating group) is 1. The summed E-state index contributed by atoms with van der Waals surface area (Å²) in [5.74, 6) is 1.27. The Bertz CT molecular complexity index is 599. The number of hydrogen-bond acceptors (Lipinski definition) is 7. The summed E-state index contributed by atoms with van der Waals surface area (Å²) in [6.07, 6.45) is 19.8. The third-order valence-electron chi connectivity index (χ3n) is 7.87. The predicted octanol–water partition coefficient (Wildman–Crippen LogP) is 6.95. The molecule has 3 unspecified atom stereocenters. The van der Waals surface area contributed by atoms with Crippen LogP contribution in [0.3, 0.4) is 0 Å². The molecule has 1 rings (SSSR count).